The zero-order valence-electron chi connectivity index (χ0n) is 13.0. The summed E-state index contributed by atoms with van der Waals surface area (Å²) in [5, 5.41) is 2.64. The lowest BCUT2D eigenvalue weighted by Crippen LogP contribution is -2.37. The van der Waals surface area contributed by atoms with Gasteiger partial charge in [0.25, 0.3) is 0 Å². The zero-order chi connectivity index (χ0) is 17.5. The Morgan fingerprint density at radius 2 is 2.17 bits per heavy atom. The smallest absolute Gasteiger partial charge is 0.246 e. The Hall–Kier alpha value is -2.41. The minimum absolute atomic E-state index is 0.106. The molecule has 2 aromatic rings. The van der Waals surface area contributed by atoms with E-state index in [0.717, 1.165) is 0 Å². The van der Waals surface area contributed by atoms with Crippen molar-refractivity contribution in [3.8, 4) is 0 Å². The number of hydrogen-bond acceptors (Lipinski definition) is 3. The van der Waals surface area contributed by atoms with E-state index in [0.29, 0.717) is 10.2 Å². The van der Waals surface area contributed by atoms with Crippen LogP contribution in [0.2, 0.25) is 0 Å². The molecule has 24 heavy (non-hydrogen) atoms. The molecule has 0 spiro atoms. The number of rotatable bonds is 6. The number of likely N-dealkylation sites (N-methyl/N-ethyl adjacent to an activating group) is 1. The molecule has 2 amide bonds. The SMILES string of the molecule is CN(CC(=O)NCc1ccco1)C(=O)C=Cc1cc(Br)ccc1F. The number of furan rings is 1. The third-order valence-corrected chi connectivity index (χ3v) is 3.65. The Morgan fingerprint density at radius 1 is 1.38 bits per heavy atom. The Morgan fingerprint density at radius 3 is 2.88 bits per heavy atom. The molecule has 0 aliphatic heterocycles. The molecule has 0 atom stereocenters. The van der Waals surface area contributed by atoms with Crippen molar-refractivity contribution in [1.29, 1.82) is 0 Å². The quantitative estimate of drug-likeness (QED) is 0.766. The maximum absolute atomic E-state index is 13.6. The summed E-state index contributed by atoms with van der Waals surface area (Å²) in [7, 11) is 1.50. The van der Waals surface area contributed by atoms with Crippen molar-refractivity contribution in [2.75, 3.05) is 13.6 Å². The number of hydrogen-bond donors (Lipinski definition) is 1. The number of nitrogens with zero attached hydrogens (tertiary/aromatic N) is 1. The van der Waals surface area contributed by atoms with Crippen molar-refractivity contribution < 1.29 is 18.4 Å². The highest BCUT2D eigenvalue weighted by Gasteiger charge is 2.11. The number of benzene rings is 1. The molecule has 1 aromatic carbocycles. The monoisotopic (exact) mass is 394 g/mol. The van der Waals surface area contributed by atoms with Gasteiger partial charge in [0, 0.05) is 23.2 Å². The maximum atomic E-state index is 13.6. The fraction of sp³-hybridized carbons (Fsp3) is 0.176. The first-order valence-corrected chi connectivity index (χ1v) is 7.92. The summed E-state index contributed by atoms with van der Waals surface area (Å²) in [4.78, 5) is 25.0. The molecule has 5 nitrogen and oxygen atoms in total. The molecule has 126 valence electrons. The molecule has 0 saturated heterocycles. The highest BCUT2D eigenvalue weighted by molar-refractivity contribution is 9.10. The van der Waals surface area contributed by atoms with Crippen molar-refractivity contribution in [1.82, 2.24) is 10.2 Å². The van der Waals surface area contributed by atoms with Crippen LogP contribution in [0.25, 0.3) is 6.08 Å². The number of nitrogens with one attached hydrogen (secondary N) is 1. The van der Waals surface area contributed by atoms with Gasteiger partial charge >= 0.3 is 0 Å². The summed E-state index contributed by atoms with van der Waals surface area (Å²) in [5.41, 5.74) is 0.286. The summed E-state index contributed by atoms with van der Waals surface area (Å²) in [6, 6.07) is 7.91. The molecule has 0 unspecified atom stereocenters. The minimum atomic E-state index is -0.430. The van der Waals surface area contributed by atoms with Gasteiger partial charge in [-0.25, -0.2) is 4.39 Å². The molecule has 0 radical (unpaired) electrons. The van der Waals surface area contributed by atoms with E-state index >= 15 is 0 Å². The molecule has 0 bridgehead atoms. The van der Waals surface area contributed by atoms with Gasteiger partial charge in [-0.3, -0.25) is 9.59 Å². The van der Waals surface area contributed by atoms with E-state index in [1.54, 1.807) is 24.3 Å². The number of amides is 2. The predicted molar refractivity (Wildman–Crippen MR) is 91.3 cm³/mol. The molecular weight excluding hydrogens is 379 g/mol. The number of carbonyl (C=O) groups excluding carboxylic acids is 2. The van der Waals surface area contributed by atoms with Crippen molar-refractivity contribution in [3.63, 3.8) is 0 Å². The van der Waals surface area contributed by atoms with Gasteiger partial charge in [0.05, 0.1) is 19.4 Å². The Bertz CT molecular complexity index is 744. The average molecular weight is 395 g/mol. The zero-order valence-corrected chi connectivity index (χ0v) is 14.5. The van der Waals surface area contributed by atoms with E-state index in [2.05, 4.69) is 21.2 Å². The van der Waals surface area contributed by atoms with Crippen molar-refractivity contribution in [2.24, 2.45) is 0 Å². The molecule has 2 rings (SSSR count). The van der Waals surface area contributed by atoms with Crippen LogP contribution in [-0.2, 0) is 16.1 Å². The van der Waals surface area contributed by atoms with E-state index in [-0.39, 0.29) is 24.6 Å². The number of halogens is 2. The second-order valence-electron chi connectivity index (χ2n) is 5.05. The van der Waals surface area contributed by atoms with Gasteiger partial charge in [0.15, 0.2) is 0 Å². The highest BCUT2D eigenvalue weighted by atomic mass is 79.9. The van der Waals surface area contributed by atoms with Crippen molar-refractivity contribution in [3.05, 3.63) is 64.3 Å². The second-order valence-corrected chi connectivity index (χ2v) is 5.97. The van der Waals surface area contributed by atoms with Gasteiger partial charge in [0.1, 0.15) is 11.6 Å². The van der Waals surface area contributed by atoms with Gasteiger partial charge in [-0.2, -0.15) is 0 Å². The second kappa shape index (κ2) is 8.44. The lowest BCUT2D eigenvalue weighted by molar-refractivity contribution is -0.131. The third-order valence-electron chi connectivity index (χ3n) is 3.16. The van der Waals surface area contributed by atoms with Crippen molar-refractivity contribution >= 4 is 33.8 Å². The fourth-order valence-corrected chi connectivity index (χ4v) is 2.26. The molecule has 1 aromatic heterocycles. The summed E-state index contributed by atoms with van der Waals surface area (Å²) in [6.07, 6.45) is 4.12. The van der Waals surface area contributed by atoms with Crippen LogP contribution in [0.3, 0.4) is 0 Å². The van der Waals surface area contributed by atoms with Crippen LogP contribution in [0.15, 0.2) is 51.6 Å². The third kappa shape index (κ3) is 5.34. The highest BCUT2D eigenvalue weighted by Crippen LogP contribution is 2.16. The van der Waals surface area contributed by atoms with Crippen LogP contribution >= 0.6 is 15.9 Å². The lowest BCUT2D eigenvalue weighted by Gasteiger charge is -2.14. The van der Waals surface area contributed by atoms with Gasteiger partial charge in [-0.05, 0) is 36.4 Å². The van der Waals surface area contributed by atoms with E-state index in [1.165, 1.54) is 36.4 Å². The molecule has 0 aliphatic rings. The number of carbonyl (C=O) groups is 2. The predicted octanol–water partition coefficient (Wildman–Crippen LogP) is 2.97. The fourth-order valence-electron chi connectivity index (χ4n) is 1.88. The topological polar surface area (TPSA) is 62.6 Å². The van der Waals surface area contributed by atoms with E-state index in [4.69, 9.17) is 4.42 Å². The van der Waals surface area contributed by atoms with Crippen LogP contribution in [0.5, 0.6) is 0 Å². The molecule has 7 heteroatoms. The Balaban J connectivity index is 1.86. The Kier molecular flexibility index (Phi) is 6.31. The first-order valence-electron chi connectivity index (χ1n) is 7.13. The van der Waals surface area contributed by atoms with Crippen LogP contribution in [0.4, 0.5) is 4.39 Å². The standard InChI is InChI=1S/C17H16BrFN2O3/c1-21(11-16(22)20-10-14-3-2-8-24-14)17(23)7-4-12-9-13(18)5-6-15(12)19/h2-9H,10-11H2,1H3,(H,20,22). The van der Waals surface area contributed by atoms with E-state index in [1.807, 2.05) is 0 Å². The van der Waals surface area contributed by atoms with Crippen LogP contribution in [0.1, 0.15) is 11.3 Å². The largest absolute Gasteiger partial charge is 0.467 e. The first-order chi connectivity index (χ1) is 11.5. The van der Waals surface area contributed by atoms with E-state index in [9.17, 15) is 14.0 Å². The molecule has 0 aliphatic carbocycles. The first kappa shape index (κ1) is 17.9. The molecule has 0 saturated carbocycles. The maximum Gasteiger partial charge on any atom is 0.246 e. The van der Waals surface area contributed by atoms with Crippen molar-refractivity contribution in [2.45, 2.75) is 6.54 Å². The summed E-state index contributed by atoms with van der Waals surface area (Å²) >= 11 is 3.24. The van der Waals surface area contributed by atoms with Crippen LogP contribution in [-0.4, -0.2) is 30.3 Å². The van der Waals surface area contributed by atoms with Gasteiger partial charge in [-0.15, -0.1) is 0 Å². The minimum Gasteiger partial charge on any atom is -0.467 e. The average Bonchev–Trinajstić information content (AvgIpc) is 3.07. The molecule has 1 N–H and O–H groups in total. The van der Waals surface area contributed by atoms with E-state index < -0.39 is 11.7 Å². The Labute approximate surface area is 147 Å². The summed E-state index contributed by atoms with van der Waals surface area (Å²) in [6.45, 7) is 0.151. The van der Waals surface area contributed by atoms with Gasteiger partial charge in [-0.1, -0.05) is 15.9 Å². The molecule has 0 fully saturated rings. The lowest BCUT2D eigenvalue weighted by atomic mass is 10.2. The normalized spacial score (nSPS) is 10.8. The molecular formula is C17H16BrFN2O3. The summed E-state index contributed by atoms with van der Waals surface area (Å²) < 4.78 is 19.4. The van der Waals surface area contributed by atoms with Gasteiger partial charge in [0.2, 0.25) is 11.8 Å². The van der Waals surface area contributed by atoms with Crippen LogP contribution in [0, 0.1) is 5.82 Å². The molecule has 1 heterocycles. The van der Waals surface area contributed by atoms with Crippen LogP contribution < -0.4 is 5.32 Å². The van der Waals surface area contributed by atoms with Gasteiger partial charge < -0.3 is 14.6 Å². The summed E-state index contributed by atoms with van der Waals surface area (Å²) in [5.74, 6) is -0.518.